The molecule has 0 aromatic carbocycles. The van der Waals surface area contributed by atoms with E-state index in [1.165, 1.54) is 51.4 Å². The van der Waals surface area contributed by atoms with Crippen LogP contribution in [0.5, 0.6) is 0 Å². The third kappa shape index (κ3) is 2.10. The van der Waals surface area contributed by atoms with Crippen molar-refractivity contribution in [1.29, 1.82) is 0 Å². The number of hydrogen-bond donors (Lipinski definition) is 0. The topological polar surface area (TPSA) is 51.0 Å². The number of amides is 1. The summed E-state index contributed by atoms with van der Waals surface area (Å²) < 4.78 is 0. The van der Waals surface area contributed by atoms with E-state index in [4.69, 9.17) is 0 Å². The van der Waals surface area contributed by atoms with Crippen molar-refractivity contribution in [3.63, 3.8) is 0 Å². The fraction of sp³-hybridized carbons (Fsp3) is 0.850. The molecule has 25 heavy (non-hydrogen) atoms. The van der Waals surface area contributed by atoms with Crippen LogP contribution in [0.3, 0.4) is 0 Å². The van der Waals surface area contributed by atoms with Gasteiger partial charge in [-0.05, 0) is 82.0 Å². The summed E-state index contributed by atoms with van der Waals surface area (Å²) in [6.45, 7) is 0. The van der Waals surface area contributed by atoms with Gasteiger partial charge in [0.2, 0.25) is 5.91 Å². The van der Waals surface area contributed by atoms with Crippen molar-refractivity contribution in [2.24, 2.45) is 23.2 Å². The van der Waals surface area contributed by atoms with Crippen LogP contribution in [-0.4, -0.2) is 37.9 Å². The molecular weight excluding hydrogens is 312 g/mol. The predicted molar refractivity (Wildman–Crippen MR) is 92.6 cm³/mol. The average molecular weight is 340 g/mol. The second-order valence-corrected chi connectivity index (χ2v) is 9.77. The molecule has 7 rings (SSSR count). The van der Waals surface area contributed by atoms with Gasteiger partial charge in [0.05, 0.1) is 23.9 Å². The van der Waals surface area contributed by atoms with Gasteiger partial charge in [0.15, 0.2) is 0 Å². The lowest BCUT2D eigenvalue weighted by Gasteiger charge is -2.57. The molecule has 2 atom stereocenters. The molecule has 4 saturated carbocycles. The van der Waals surface area contributed by atoms with Gasteiger partial charge in [0, 0.05) is 12.1 Å². The van der Waals surface area contributed by atoms with E-state index in [9.17, 15) is 4.79 Å². The van der Waals surface area contributed by atoms with E-state index in [1.54, 1.807) is 12.4 Å². The van der Waals surface area contributed by atoms with Gasteiger partial charge in [-0.2, -0.15) is 15.0 Å². The predicted octanol–water partition coefficient (Wildman–Crippen LogP) is 3.19. The SMILES string of the molecule is O=C(N1C2CCC1CC(n1nccn1)C2)C12CC3CC(CC(C3)C1)C2. The highest BCUT2D eigenvalue weighted by Crippen LogP contribution is 2.61. The van der Waals surface area contributed by atoms with Crippen molar-refractivity contribution in [1.82, 2.24) is 19.9 Å². The summed E-state index contributed by atoms with van der Waals surface area (Å²) in [6.07, 6.45) is 15.8. The van der Waals surface area contributed by atoms with Gasteiger partial charge in [0.1, 0.15) is 0 Å². The molecular formula is C20H28N4O. The van der Waals surface area contributed by atoms with Gasteiger partial charge in [-0.15, -0.1) is 0 Å². The molecule has 0 spiro atoms. The Hall–Kier alpha value is -1.39. The van der Waals surface area contributed by atoms with E-state index >= 15 is 0 Å². The fourth-order valence-corrected chi connectivity index (χ4v) is 7.73. The summed E-state index contributed by atoms with van der Waals surface area (Å²) in [7, 11) is 0. The molecule has 6 bridgehead atoms. The Morgan fingerprint density at radius 1 is 0.800 bits per heavy atom. The Morgan fingerprint density at radius 3 is 1.84 bits per heavy atom. The summed E-state index contributed by atoms with van der Waals surface area (Å²) in [5.41, 5.74) is 0.0202. The number of carbonyl (C=O) groups excluding carboxylic acids is 1. The molecule has 6 aliphatic rings. The summed E-state index contributed by atoms with van der Waals surface area (Å²) in [4.78, 5) is 18.0. The van der Waals surface area contributed by atoms with E-state index in [0.29, 0.717) is 24.0 Å². The zero-order valence-electron chi connectivity index (χ0n) is 14.9. The number of piperidine rings is 1. The smallest absolute Gasteiger partial charge is 0.229 e. The van der Waals surface area contributed by atoms with Crippen LogP contribution in [0, 0.1) is 23.2 Å². The lowest BCUT2D eigenvalue weighted by molar-refractivity contribution is -0.163. The van der Waals surface area contributed by atoms with Crippen LogP contribution in [0.25, 0.3) is 0 Å². The summed E-state index contributed by atoms with van der Waals surface area (Å²) in [5.74, 6) is 3.09. The second-order valence-electron chi connectivity index (χ2n) is 9.77. The van der Waals surface area contributed by atoms with Crippen LogP contribution in [-0.2, 0) is 4.79 Å². The average Bonchev–Trinajstić information content (AvgIpc) is 3.20. The van der Waals surface area contributed by atoms with Gasteiger partial charge in [0.25, 0.3) is 0 Å². The Balaban J connectivity index is 1.26. The van der Waals surface area contributed by atoms with Crippen molar-refractivity contribution in [2.75, 3.05) is 0 Å². The van der Waals surface area contributed by atoms with Crippen LogP contribution < -0.4 is 0 Å². The minimum atomic E-state index is 0.0202. The molecule has 1 aromatic heterocycles. The van der Waals surface area contributed by atoms with Crippen LogP contribution in [0.4, 0.5) is 0 Å². The number of rotatable bonds is 2. The first-order chi connectivity index (χ1) is 12.2. The maximum atomic E-state index is 13.8. The highest BCUT2D eigenvalue weighted by atomic mass is 16.2. The Labute approximate surface area is 149 Å². The lowest BCUT2D eigenvalue weighted by Crippen LogP contribution is -2.58. The molecule has 6 fully saturated rings. The van der Waals surface area contributed by atoms with Crippen molar-refractivity contribution < 1.29 is 4.79 Å². The van der Waals surface area contributed by atoms with Gasteiger partial charge < -0.3 is 4.90 Å². The van der Waals surface area contributed by atoms with E-state index in [-0.39, 0.29) is 5.41 Å². The summed E-state index contributed by atoms with van der Waals surface area (Å²) in [5, 5.41) is 8.73. The zero-order chi connectivity index (χ0) is 16.6. The minimum absolute atomic E-state index is 0.0202. The van der Waals surface area contributed by atoms with Gasteiger partial charge in [-0.3, -0.25) is 4.79 Å². The second kappa shape index (κ2) is 5.08. The Bertz CT molecular complexity index is 635. The minimum Gasteiger partial charge on any atom is -0.336 e. The lowest BCUT2D eigenvalue weighted by atomic mass is 9.49. The first-order valence-electron chi connectivity index (χ1n) is 10.4. The number of carbonyl (C=O) groups is 1. The molecule has 5 nitrogen and oxygen atoms in total. The number of aromatic nitrogens is 3. The molecule has 5 heteroatoms. The molecule has 1 amide bonds. The van der Waals surface area contributed by atoms with Crippen LogP contribution >= 0.6 is 0 Å². The third-order valence-electron chi connectivity index (χ3n) is 8.20. The quantitative estimate of drug-likeness (QED) is 0.831. The van der Waals surface area contributed by atoms with Crippen LogP contribution in [0.15, 0.2) is 12.4 Å². The van der Waals surface area contributed by atoms with E-state index in [0.717, 1.165) is 30.6 Å². The van der Waals surface area contributed by atoms with Crippen molar-refractivity contribution >= 4 is 5.91 Å². The van der Waals surface area contributed by atoms with E-state index in [2.05, 4.69) is 15.1 Å². The zero-order valence-corrected chi connectivity index (χ0v) is 14.9. The monoisotopic (exact) mass is 340 g/mol. The number of fused-ring (bicyclic) bond motifs is 2. The Kier molecular flexibility index (Phi) is 2.99. The first-order valence-corrected chi connectivity index (χ1v) is 10.4. The molecule has 134 valence electrons. The summed E-state index contributed by atoms with van der Waals surface area (Å²) >= 11 is 0. The van der Waals surface area contributed by atoms with Crippen LogP contribution in [0.2, 0.25) is 0 Å². The fourth-order valence-electron chi connectivity index (χ4n) is 7.73. The highest BCUT2D eigenvalue weighted by molar-refractivity contribution is 5.84. The molecule has 3 heterocycles. The van der Waals surface area contributed by atoms with Gasteiger partial charge in [-0.1, -0.05) is 0 Å². The highest BCUT2D eigenvalue weighted by Gasteiger charge is 2.58. The largest absolute Gasteiger partial charge is 0.336 e. The molecule has 2 saturated heterocycles. The molecule has 1 aromatic rings. The van der Waals surface area contributed by atoms with E-state index < -0.39 is 0 Å². The van der Waals surface area contributed by atoms with Gasteiger partial charge in [-0.25, -0.2) is 0 Å². The molecule has 0 radical (unpaired) electrons. The van der Waals surface area contributed by atoms with Crippen LogP contribution in [0.1, 0.15) is 70.3 Å². The summed E-state index contributed by atoms with van der Waals surface area (Å²) in [6, 6.07) is 1.23. The molecule has 0 N–H and O–H groups in total. The number of hydrogen-bond acceptors (Lipinski definition) is 3. The molecule has 2 aliphatic heterocycles. The van der Waals surface area contributed by atoms with Crippen molar-refractivity contribution in [3.8, 4) is 0 Å². The first kappa shape index (κ1) is 14.7. The maximum absolute atomic E-state index is 13.8. The van der Waals surface area contributed by atoms with E-state index in [1.807, 2.05) is 4.80 Å². The number of nitrogens with zero attached hydrogens (tertiary/aromatic N) is 4. The van der Waals surface area contributed by atoms with Crippen molar-refractivity contribution in [3.05, 3.63) is 12.4 Å². The maximum Gasteiger partial charge on any atom is 0.229 e. The molecule has 4 aliphatic carbocycles. The van der Waals surface area contributed by atoms with Gasteiger partial charge >= 0.3 is 0 Å². The Morgan fingerprint density at radius 2 is 1.32 bits per heavy atom. The molecule has 2 unspecified atom stereocenters. The van der Waals surface area contributed by atoms with Crippen molar-refractivity contribution in [2.45, 2.75) is 82.3 Å². The normalized spacial score (nSPS) is 47.4. The third-order valence-corrected chi connectivity index (χ3v) is 8.20. The standard InChI is InChI=1S/C20H28N4O/c25-19(20-10-13-5-14(11-20)7-15(6-13)12-20)23-16-1-2-17(23)9-18(8-16)24-21-3-4-22-24/h3-4,13-18H,1-2,5-12H2.